The maximum absolute atomic E-state index is 13.2. The van der Waals surface area contributed by atoms with Crippen molar-refractivity contribution in [2.24, 2.45) is 0 Å². The van der Waals surface area contributed by atoms with Crippen LogP contribution in [-0.4, -0.2) is 30.1 Å². The number of halogens is 3. The molecule has 0 amide bonds. The lowest BCUT2D eigenvalue weighted by Gasteiger charge is -2.17. The van der Waals surface area contributed by atoms with E-state index in [0.29, 0.717) is 12.6 Å². The summed E-state index contributed by atoms with van der Waals surface area (Å²) in [5.74, 6) is 0. The summed E-state index contributed by atoms with van der Waals surface area (Å²) in [5, 5.41) is 0. The van der Waals surface area contributed by atoms with E-state index in [1.54, 1.807) is 14.1 Å². The molecule has 0 aliphatic carbocycles. The molecular weight excluding hydrogens is 317 g/mol. The standard InChI is InChI=1S/C18H21F3N2O/c1-13-5-4-6-14(9-13)11-23-12-15(7-8-22(2)3)16(10-17(23)24)18(19,20)21/h4-6,9-10,12H,7-8,11H2,1-3H3. The summed E-state index contributed by atoms with van der Waals surface area (Å²) in [5.41, 5.74) is 0.589. The van der Waals surface area contributed by atoms with Crippen molar-refractivity contribution in [3.8, 4) is 0 Å². The molecule has 0 fully saturated rings. The second-order valence-electron chi connectivity index (χ2n) is 6.22. The van der Waals surface area contributed by atoms with E-state index in [1.165, 1.54) is 10.8 Å². The third-order valence-electron chi connectivity index (χ3n) is 3.78. The molecule has 24 heavy (non-hydrogen) atoms. The van der Waals surface area contributed by atoms with Crippen LogP contribution in [0.1, 0.15) is 22.3 Å². The van der Waals surface area contributed by atoms with E-state index in [1.807, 2.05) is 36.1 Å². The van der Waals surface area contributed by atoms with Crippen molar-refractivity contribution >= 4 is 0 Å². The van der Waals surface area contributed by atoms with Gasteiger partial charge in [0, 0.05) is 18.8 Å². The lowest BCUT2D eigenvalue weighted by Crippen LogP contribution is -2.26. The first-order valence-electron chi connectivity index (χ1n) is 7.67. The van der Waals surface area contributed by atoms with Crippen LogP contribution in [-0.2, 0) is 19.1 Å². The molecule has 0 aliphatic heterocycles. The van der Waals surface area contributed by atoms with Crippen molar-refractivity contribution in [1.29, 1.82) is 0 Å². The Balaban J connectivity index is 2.42. The summed E-state index contributed by atoms with van der Waals surface area (Å²) < 4.78 is 41.0. The van der Waals surface area contributed by atoms with Crippen LogP contribution in [0.15, 0.2) is 41.3 Å². The number of nitrogens with zero attached hydrogens (tertiary/aromatic N) is 2. The van der Waals surface area contributed by atoms with E-state index in [4.69, 9.17) is 0 Å². The minimum Gasteiger partial charge on any atom is -0.311 e. The van der Waals surface area contributed by atoms with Gasteiger partial charge in [-0.1, -0.05) is 29.8 Å². The molecule has 1 aromatic heterocycles. The molecular formula is C18H21F3N2O. The van der Waals surface area contributed by atoms with Crippen molar-refractivity contribution < 1.29 is 13.2 Å². The van der Waals surface area contributed by atoms with Crippen molar-refractivity contribution in [1.82, 2.24) is 9.47 Å². The van der Waals surface area contributed by atoms with E-state index < -0.39 is 17.3 Å². The second-order valence-corrected chi connectivity index (χ2v) is 6.22. The fourth-order valence-electron chi connectivity index (χ4n) is 2.56. The predicted octanol–water partition coefficient (Wildman–Crippen LogP) is 3.33. The molecule has 0 saturated heterocycles. The van der Waals surface area contributed by atoms with Gasteiger partial charge in [0.25, 0.3) is 5.56 Å². The van der Waals surface area contributed by atoms with Gasteiger partial charge in [0.1, 0.15) is 0 Å². The number of alkyl halides is 3. The van der Waals surface area contributed by atoms with Crippen molar-refractivity contribution in [3.63, 3.8) is 0 Å². The van der Waals surface area contributed by atoms with Gasteiger partial charge in [0.2, 0.25) is 0 Å². The van der Waals surface area contributed by atoms with E-state index in [2.05, 4.69) is 0 Å². The summed E-state index contributed by atoms with van der Waals surface area (Å²) in [6.07, 6.45) is -2.95. The van der Waals surface area contributed by atoms with Gasteiger partial charge >= 0.3 is 6.18 Å². The van der Waals surface area contributed by atoms with Gasteiger partial charge in [-0.2, -0.15) is 13.2 Å². The number of hydrogen-bond acceptors (Lipinski definition) is 2. The molecule has 2 rings (SSSR count). The van der Waals surface area contributed by atoms with Crippen LogP contribution < -0.4 is 5.56 Å². The van der Waals surface area contributed by atoms with Crippen LogP contribution in [0.25, 0.3) is 0 Å². The van der Waals surface area contributed by atoms with Crippen LogP contribution >= 0.6 is 0 Å². The van der Waals surface area contributed by atoms with Crippen LogP contribution in [0.2, 0.25) is 0 Å². The van der Waals surface area contributed by atoms with Crippen molar-refractivity contribution in [2.75, 3.05) is 20.6 Å². The summed E-state index contributed by atoms with van der Waals surface area (Å²) in [6, 6.07) is 8.29. The highest BCUT2D eigenvalue weighted by atomic mass is 19.4. The molecule has 0 radical (unpaired) electrons. The number of hydrogen-bond donors (Lipinski definition) is 0. The highest BCUT2D eigenvalue weighted by molar-refractivity contribution is 5.29. The van der Waals surface area contributed by atoms with Gasteiger partial charge in [0.15, 0.2) is 0 Å². The van der Waals surface area contributed by atoms with E-state index >= 15 is 0 Å². The summed E-state index contributed by atoms with van der Waals surface area (Å²) in [7, 11) is 3.60. The summed E-state index contributed by atoms with van der Waals surface area (Å²) in [4.78, 5) is 13.9. The normalized spacial score (nSPS) is 12.0. The number of aryl methyl sites for hydroxylation is 1. The average molecular weight is 338 g/mol. The summed E-state index contributed by atoms with van der Waals surface area (Å²) >= 11 is 0. The smallest absolute Gasteiger partial charge is 0.311 e. The van der Waals surface area contributed by atoms with Gasteiger partial charge in [0.05, 0.1) is 12.1 Å². The van der Waals surface area contributed by atoms with Gasteiger partial charge in [-0.25, -0.2) is 0 Å². The predicted molar refractivity (Wildman–Crippen MR) is 88.2 cm³/mol. The summed E-state index contributed by atoms with van der Waals surface area (Å²) in [6.45, 7) is 2.67. The number of pyridine rings is 1. The average Bonchev–Trinajstić information content (AvgIpc) is 2.46. The lowest BCUT2D eigenvalue weighted by molar-refractivity contribution is -0.138. The Kier molecular flexibility index (Phi) is 5.49. The Hall–Kier alpha value is -2.08. The quantitative estimate of drug-likeness (QED) is 0.836. The fourth-order valence-corrected chi connectivity index (χ4v) is 2.56. The zero-order valence-corrected chi connectivity index (χ0v) is 14.0. The van der Waals surface area contributed by atoms with Crippen molar-refractivity contribution in [3.05, 3.63) is 69.1 Å². The molecule has 0 atom stereocenters. The van der Waals surface area contributed by atoms with Gasteiger partial charge in [-0.05, 0) is 38.6 Å². The maximum Gasteiger partial charge on any atom is 0.416 e. The van der Waals surface area contributed by atoms with Crippen molar-refractivity contribution in [2.45, 2.75) is 26.1 Å². The molecule has 0 saturated carbocycles. The SMILES string of the molecule is Cc1cccc(Cn2cc(CCN(C)C)c(C(F)(F)F)cc2=O)c1. The third kappa shape index (κ3) is 4.71. The highest BCUT2D eigenvalue weighted by Gasteiger charge is 2.34. The number of benzene rings is 1. The Bertz CT molecular complexity index is 764. The number of likely N-dealkylation sites (N-methyl/N-ethyl adjacent to an activating group) is 1. The van der Waals surface area contributed by atoms with Crippen LogP contribution in [0.3, 0.4) is 0 Å². The molecule has 0 aliphatic rings. The first-order valence-corrected chi connectivity index (χ1v) is 7.67. The number of rotatable bonds is 5. The molecule has 3 nitrogen and oxygen atoms in total. The molecule has 0 unspecified atom stereocenters. The maximum atomic E-state index is 13.2. The molecule has 130 valence electrons. The van der Waals surface area contributed by atoms with Crippen LogP contribution in [0.4, 0.5) is 13.2 Å². The highest BCUT2D eigenvalue weighted by Crippen LogP contribution is 2.31. The first kappa shape index (κ1) is 18.3. The molecule has 2 aromatic rings. The Morgan fingerprint density at radius 1 is 1.17 bits per heavy atom. The zero-order valence-electron chi connectivity index (χ0n) is 14.0. The third-order valence-corrected chi connectivity index (χ3v) is 3.78. The van der Waals surface area contributed by atoms with E-state index in [0.717, 1.165) is 11.1 Å². The first-order chi connectivity index (χ1) is 11.2. The molecule has 0 bridgehead atoms. The molecule has 1 heterocycles. The van der Waals surface area contributed by atoms with Crippen LogP contribution in [0.5, 0.6) is 0 Å². The Morgan fingerprint density at radius 2 is 1.88 bits per heavy atom. The molecule has 6 heteroatoms. The van der Waals surface area contributed by atoms with Gasteiger partial charge < -0.3 is 9.47 Å². The van der Waals surface area contributed by atoms with Crippen LogP contribution in [0, 0.1) is 6.92 Å². The minimum absolute atomic E-state index is 0.142. The largest absolute Gasteiger partial charge is 0.416 e. The van der Waals surface area contributed by atoms with E-state index in [9.17, 15) is 18.0 Å². The topological polar surface area (TPSA) is 25.2 Å². The van der Waals surface area contributed by atoms with Gasteiger partial charge in [-0.3, -0.25) is 4.79 Å². The second kappa shape index (κ2) is 7.21. The monoisotopic (exact) mass is 338 g/mol. The minimum atomic E-state index is -4.52. The molecule has 0 N–H and O–H groups in total. The Morgan fingerprint density at radius 3 is 2.46 bits per heavy atom. The zero-order chi connectivity index (χ0) is 17.9. The van der Waals surface area contributed by atoms with E-state index in [-0.39, 0.29) is 18.5 Å². The van der Waals surface area contributed by atoms with Gasteiger partial charge in [-0.15, -0.1) is 0 Å². The molecule has 0 spiro atoms. The fraction of sp³-hybridized carbons (Fsp3) is 0.389. The lowest BCUT2D eigenvalue weighted by atomic mass is 10.1. The number of aromatic nitrogens is 1. The Labute approximate surface area is 139 Å². The molecule has 1 aromatic carbocycles.